The highest BCUT2D eigenvalue weighted by molar-refractivity contribution is 7.89. The third kappa shape index (κ3) is 4.22. The summed E-state index contributed by atoms with van der Waals surface area (Å²) in [4.78, 5) is 11.7. The average Bonchev–Trinajstić information content (AvgIpc) is 2.61. The van der Waals surface area contributed by atoms with Gasteiger partial charge in [-0.15, -0.1) is 0 Å². The maximum atomic E-state index is 13.5. The van der Waals surface area contributed by atoms with Crippen LogP contribution in [0.5, 0.6) is 0 Å². The van der Waals surface area contributed by atoms with Crippen molar-refractivity contribution in [3.8, 4) is 0 Å². The Morgan fingerprint density at radius 3 is 2.44 bits per heavy atom. The Labute approximate surface area is 145 Å². The number of rotatable bonds is 6. The second-order valence-corrected chi connectivity index (χ2v) is 7.49. The van der Waals surface area contributed by atoms with Gasteiger partial charge in [0.15, 0.2) is 0 Å². The van der Waals surface area contributed by atoms with Gasteiger partial charge in [-0.1, -0.05) is 30.3 Å². The first-order valence-corrected chi connectivity index (χ1v) is 8.97. The summed E-state index contributed by atoms with van der Waals surface area (Å²) >= 11 is 0. The zero-order valence-electron chi connectivity index (χ0n) is 13.8. The van der Waals surface area contributed by atoms with Crippen LogP contribution in [0.1, 0.15) is 18.1 Å². The number of hydrogen-bond donors (Lipinski definition) is 2. The number of aryl methyl sites for hydroxylation is 1. The highest BCUT2D eigenvalue weighted by atomic mass is 32.2. The minimum Gasteiger partial charge on any atom is -0.289 e. The number of hydrogen-bond acceptors (Lipinski definition) is 4. The standard InChI is InChI=1S/C17H19FN2O4S/c1-12-10-15(8-9-16(12)18)25(23,24)20(13(2)17(21)19-22)11-14-6-4-3-5-7-14/h3-10,13,22H,11H2,1-2H3,(H,19,21)/t13-/m1/s1. The first kappa shape index (κ1) is 19.0. The SMILES string of the molecule is Cc1cc(S(=O)(=O)N(Cc2ccccc2)[C@H](C)C(=O)NO)ccc1F. The number of hydroxylamine groups is 1. The summed E-state index contributed by atoms with van der Waals surface area (Å²) in [6.45, 7) is 2.75. The monoisotopic (exact) mass is 366 g/mol. The second-order valence-electron chi connectivity index (χ2n) is 5.60. The van der Waals surface area contributed by atoms with Gasteiger partial charge in [-0.05, 0) is 43.2 Å². The Balaban J connectivity index is 2.48. The normalized spacial score (nSPS) is 12.8. The highest BCUT2D eigenvalue weighted by Gasteiger charge is 2.33. The molecule has 6 nitrogen and oxygen atoms in total. The summed E-state index contributed by atoms with van der Waals surface area (Å²) in [7, 11) is -4.10. The van der Waals surface area contributed by atoms with Gasteiger partial charge in [0.1, 0.15) is 11.9 Å². The molecular weight excluding hydrogens is 347 g/mol. The van der Waals surface area contributed by atoms with E-state index >= 15 is 0 Å². The third-order valence-corrected chi connectivity index (χ3v) is 5.75. The summed E-state index contributed by atoms with van der Waals surface area (Å²) in [5.74, 6) is -1.38. The zero-order valence-corrected chi connectivity index (χ0v) is 14.6. The second kappa shape index (κ2) is 7.73. The molecule has 0 aromatic heterocycles. The summed E-state index contributed by atoms with van der Waals surface area (Å²) in [5, 5.41) is 8.87. The Kier molecular flexibility index (Phi) is 5.89. The fourth-order valence-electron chi connectivity index (χ4n) is 2.33. The van der Waals surface area contributed by atoms with Crippen LogP contribution in [0, 0.1) is 12.7 Å². The molecule has 0 radical (unpaired) electrons. The van der Waals surface area contributed by atoms with Gasteiger partial charge in [0.05, 0.1) is 4.90 Å². The molecule has 2 rings (SSSR count). The minimum absolute atomic E-state index is 0.0752. The van der Waals surface area contributed by atoms with E-state index in [1.165, 1.54) is 25.4 Å². The molecule has 0 unspecified atom stereocenters. The molecule has 2 N–H and O–H groups in total. The lowest BCUT2D eigenvalue weighted by Crippen LogP contribution is -2.46. The van der Waals surface area contributed by atoms with Crippen molar-refractivity contribution in [3.63, 3.8) is 0 Å². The van der Waals surface area contributed by atoms with Crippen LogP contribution in [-0.4, -0.2) is 29.9 Å². The molecule has 0 aliphatic heterocycles. The van der Waals surface area contributed by atoms with Crippen LogP contribution < -0.4 is 5.48 Å². The predicted molar refractivity (Wildman–Crippen MR) is 89.7 cm³/mol. The van der Waals surface area contributed by atoms with E-state index in [0.29, 0.717) is 5.56 Å². The van der Waals surface area contributed by atoms with Crippen LogP contribution in [0.4, 0.5) is 4.39 Å². The summed E-state index contributed by atoms with van der Waals surface area (Å²) in [6.07, 6.45) is 0. The summed E-state index contributed by atoms with van der Waals surface area (Å²) in [6, 6.07) is 11.0. The molecule has 0 aliphatic rings. The smallest absolute Gasteiger partial charge is 0.261 e. The van der Waals surface area contributed by atoms with Crippen molar-refractivity contribution in [3.05, 3.63) is 65.5 Å². The van der Waals surface area contributed by atoms with Gasteiger partial charge in [0, 0.05) is 6.54 Å². The fraction of sp³-hybridized carbons (Fsp3) is 0.235. The lowest BCUT2D eigenvalue weighted by molar-refractivity contribution is -0.132. The van der Waals surface area contributed by atoms with Crippen molar-refractivity contribution in [2.75, 3.05) is 0 Å². The van der Waals surface area contributed by atoms with E-state index in [-0.39, 0.29) is 17.0 Å². The molecule has 0 aliphatic carbocycles. The van der Waals surface area contributed by atoms with E-state index in [1.807, 2.05) is 0 Å². The van der Waals surface area contributed by atoms with Gasteiger partial charge in [0.25, 0.3) is 5.91 Å². The molecule has 2 aromatic rings. The molecule has 0 spiro atoms. The number of carbonyl (C=O) groups is 1. The summed E-state index contributed by atoms with van der Waals surface area (Å²) in [5.41, 5.74) is 2.32. The van der Waals surface area contributed by atoms with Crippen molar-refractivity contribution in [1.29, 1.82) is 0 Å². The molecular formula is C17H19FN2O4S. The number of sulfonamides is 1. The van der Waals surface area contributed by atoms with E-state index in [4.69, 9.17) is 5.21 Å². The fourth-order valence-corrected chi connectivity index (χ4v) is 4.00. The van der Waals surface area contributed by atoms with Crippen LogP contribution in [0.2, 0.25) is 0 Å². The molecule has 0 bridgehead atoms. The van der Waals surface area contributed by atoms with Crippen LogP contribution >= 0.6 is 0 Å². The number of halogens is 1. The van der Waals surface area contributed by atoms with Crippen LogP contribution in [0.25, 0.3) is 0 Å². The van der Waals surface area contributed by atoms with Crippen LogP contribution in [0.15, 0.2) is 53.4 Å². The molecule has 8 heteroatoms. The van der Waals surface area contributed by atoms with Gasteiger partial charge in [-0.25, -0.2) is 18.3 Å². The van der Waals surface area contributed by atoms with Gasteiger partial charge in [0.2, 0.25) is 10.0 Å². The molecule has 0 saturated heterocycles. The van der Waals surface area contributed by atoms with Crippen LogP contribution in [-0.2, 0) is 21.4 Å². The Hall–Kier alpha value is -2.29. The average molecular weight is 366 g/mol. The first-order chi connectivity index (χ1) is 11.8. The van der Waals surface area contributed by atoms with E-state index in [1.54, 1.807) is 30.3 Å². The van der Waals surface area contributed by atoms with Crippen LogP contribution in [0.3, 0.4) is 0 Å². The first-order valence-electron chi connectivity index (χ1n) is 7.53. The van der Waals surface area contributed by atoms with Crippen molar-refractivity contribution in [2.45, 2.75) is 31.3 Å². The van der Waals surface area contributed by atoms with Crippen molar-refractivity contribution < 1.29 is 22.8 Å². The number of nitrogens with one attached hydrogen (secondary N) is 1. The Morgan fingerprint density at radius 1 is 1.24 bits per heavy atom. The molecule has 0 saturated carbocycles. The molecule has 1 atom stereocenters. The van der Waals surface area contributed by atoms with Crippen molar-refractivity contribution in [2.24, 2.45) is 0 Å². The van der Waals surface area contributed by atoms with Gasteiger partial charge in [-0.3, -0.25) is 10.0 Å². The highest BCUT2D eigenvalue weighted by Crippen LogP contribution is 2.23. The molecule has 0 heterocycles. The molecule has 0 fully saturated rings. The number of nitrogens with zero attached hydrogens (tertiary/aromatic N) is 1. The maximum Gasteiger partial charge on any atom is 0.261 e. The molecule has 134 valence electrons. The molecule has 2 aromatic carbocycles. The predicted octanol–water partition coefficient (Wildman–Crippen LogP) is 2.22. The largest absolute Gasteiger partial charge is 0.289 e. The van der Waals surface area contributed by atoms with Crippen molar-refractivity contribution >= 4 is 15.9 Å². The molecule has 25 heavy (non-hydrogen) atoms. The summed E-state index contributed by atoms with van der Waals surface area (Å²) < 4.78 is 40.4. The third-order valence-electron chi connectivity index (χ3n) is 3.84. The lowest BCUT2D eigenvalue weighted by Gasteiger charge is -2.27. The number of amides is 1. The van der Waals surface area contributed by atoms with E-state index in [9.17, 15) is 17.6 Å². The van der Waals surface area contributed by atoms with E-state index in [2.05, 4.69) is 0 Å². The quantitative estimate of drug-likeness (QED) is 0.606. The Bertz CT molecular complexity index is 856. The van der Waals surface area contributed by atoms with E-state index in [0.717, 1.165) is 16.4 Å². The van der Waals surface area contributed by atoms with Gasteiger partial charge >= 0.3 is 0 Å². The topological polar surface area (TPSA) is 86.7 Å². The van der Waals surface area contributed by atoms with Gasteiger partial charge < -0.3 is 0 Å². The molecule has 1 amide bonds. The minimum atomic E-state index is -4.10. The number of benzene rings is 2. The van der Waals surface area contributed by atoms with Gasteiger partial charge in [-0.2, -0.15) is 4.31 Å². The maximum absolute atomic E-state index is 13.5. The van der Waals surface area contributed by atoms with E-state index < -0.39 is 27.8 Å². The van der Waals surface area contributed by atoms with Crippen molar-refractivity contribution in [1.82, 2.24) is 9.79 Å². The Morgan fingerprint density at radius 2 is 1.88 bits per heavy atom. The number of carbonyl (C=O) groups excluding carboxylic acids is 1. The lowest BCUT2D eigenvalue weighted by atomic mass is 10.2. The zero-order chi connectivity index (χ0) is 18.6.